The van der Waals surface area contributed by atoms with Crippen molar-refractivity contribution in [2.75, 3.05) is 7.11 Å². The first-order chi connectivity index (χ1) is 8.20. The summed E-state index contributed by atoms with van der Waals surface area (Å²) in [4.78, 5) is 0. The molecule has 90 valence electrons. The lowest BCUT2D eigenvalue weighted by Crippen LogP contribution is -2.12. The molecule has 1 unspecified atom stereocenters. The third-order valence-corrected chi connectivity index (χ3v) is 3.99. The normalized spacial score (nSPS) is 12.4. The van der Waals surface area contributed by atoms with E-state index in [1.165, 1.54) is 5.56 Å². The fourth-order valence-electron chi connectivity index (χ4n) is 1.69. The van der Waals surface area contributed by atoms with Gasteiger partial charge in [-0.3, -0.25) is 0 Å². The van der Waals surface area contributed by atoms with Crippen molar-refractivity contribution in [1.82, 2.24) is 0 Å². The van der Waals surface area contributed by atoms with E-state index in [0.29, 0.717) is 0 Å². The summed E-state index contributed by atoms with van der Waals surface area (Å²) in [6.07, 6.45) is 0.863. The van der Waals surface area contributed by atoms with Crippen molar-refractivity contribution >= 4 is 27.3 Å². The number of thiophene rings is 1. The molecule has 0 spiro atoms. The molecule has 2 rings (SSSR count). The van der Waals surface area contributed by atoms with Crippen LogP contribution >= 0.6 is 27.3 Å². The maximum atomic E-state index is 6.19. The minimum absolute atomic E-state index is 0.0202. The van der Waals surface area contributed by atoms with E-state index in [0.717, 1.165) is 22.2 Å². The molecular formula is C13H14BrNOS. The van der Waals surface area contributed by atoms with E-state index in [9.17, 15) is 0 Å². The maximum Gasteiger partial charge on any atom is 0.133 e. The van der Waals surface area contributed by atoms with E-state index in [1.807, 2.05) is 18.2 Å². The fourth-order valence-corrected chi connectivity index (χ4v) is 2.93. The lowest BCUT2D eigenvalue weighted by molar-refractivity contribution is 0.412. The SMILES string of the molecule is COc1ccc(C(N)Cc2ccsc2)cc1Br. The van der Waals surface area contributed by atoms with Crippen LogP contribution in [0.1, 0.15) is 17.2 Å². The van der Waals surface area contributed by atoms with Crippen molar-refractivity contribution in [3.63, 3.8) is 0 Å². The summed E-state index contributed by atoms with van der Waals surface area (Å²) in [6.45, 7) is 0. The number of hydrogen-bond acceptors (Lipinski definition) is 3. The highest BCUT2D eigenvalue weighted by Crippen LogP contribution is 2.28. The van der Waals surface area contributed by atoms with E-state index in [4.69, 9.17) is 10.5 Å². The minimum Gasteiger partial charge on any atom is -0.496 e. The molecule has 0 fully saturated rings. The van der Waals surface area contributed by atoms with Crippen LogP contribution in [0.5, 0.6) is 5.75 Å². The molecule has 0 bridgehead atoms. The molecule has 0 amide bonds. The van der Waals surface area contributed by atoms with Crippen LogP contribution in [-0.2, 0) is 6.42 Å². The first-order valence-corrected chi connectivity index (χ1v) is 7.04. The molecule has 1 aromatic heterocycles. The second kappa shape index (κ2) is 5.67. The van der Waals surface area contributed by atoms with Gasteiger partial charge in [-0.1, -0.05) is 6.07 Å². The molecule has 0 aliphatic carbocycles. The Bertz CT molecular complexity index is 484. The summed E-state index contributed by atoms with van der Waals surface area (Å²) in [5.74, 6) is 0.830. The van der Waals surface area contributed by atoms with Crippen LogP contribution in [0.25, 0.3) is 0 Å². The summed E-state index contributed by atoms with van der Waals surface area (Å²) in [5.41, 5.74) is 8.59. The first kappa shape index (κ1) is 12.6. The molecule has 0 aliphatic rings. The van der Waals surface area contributed by atoms with Crippen molar-refractivity contribution in [2.45, 2.75) is 12.5 Å². The van der Waals surface area contributed by atoms with Crippen molar-refractivity contribution < 1.29 is 4.74 Å². The van der Waals surface area contributed by atoms with Gasteiger partial charge in [-0.2, -0.15) is 11.3 Å². The number of rotatable bonds is 4. The smallest absolute Gasteiger partial charge is 0.133 e. The Kier molecular flexibility index (Phi) is 4.20. The van der Waals surface area contributed by atoms with Gasteiger partial charge in [0.2, 0.25) is 0 Å². The second-order valence-electron chi connectivity index (χ2n) is 3.84. The molecule has 0 aliphatic heterocycles. The zero-order valence-corrected chi connectivity index (χ0v) is 11.9. The molecule has 2 N–H and O–H groups in total. The molecule has 1 atom stereocenters. The van der Waals surface area contributed by atoms with E-state index < -0.39 is 0 Å². The molecule has 0 saturated carbocycles. The summed E-state index contributed by atoms with van der Waals surface area (Å²) in [7, 11) is 1.66. The molecule has 0 radical (unpaired) electrons. The zero-order valence-electron chi connectivity index (χ0n) is 9.52. The Hall–Kier alpha value is -0.840. The molecule has 2 nitrogen and oxygen atoms in total. The Balaban J connectivity index is 2.14. The topological polar surface area (TPSA) is 35.2 Å². The van der Waals surface area contributed by atoms with Gasteiger partial charge in [0.15, 0.2) is 0 Å². The highest BCUT2D eigenvalue weighted by molar-refractivity contribution is 9.10. The largest absolute Gasteiger partial charge is 0.496 e. The lowest BCUT2D eigenvalue weighted by atomic mass is 10.0. The van der Waals surface area contributed by atoms with Crippen LogP contribution in [0.15, 0.2) is 39.5 Å². The van der Waals surface area contributed by atoms with Gasteiger partial charge in [-0.15, -0.1) is 0 Å². The third kappa shape index (κ3) is 3.09. The molecule has 0 saturated heterocycles. The third-order valence-electron chi connectivity index (χ3n) is 2.64. The quantitative estimate of drug-likeness (QED) is 0.933. The van der Waals surface area contributed by atoms with Gasteiger partial charge in [0.1, 0.15) is 5.75 Å². The standard InChI is InChI=1S/C13H14BrNOS/c1-16-13-3-2-10(7-11(13)14)12(15)6-9-4-5-17-8-9/h2-5,7-8,12H,6,15H2,1H3. The highest BCUT2D eigenvalue weighted by Gasteiger charge is 2.09. The Morgan fingerprint density at radius 3 is 2.82 bits per heavy atom. The maximum absolute atomic E-state index is 6.19. The van der Waals surface area contributed by atoms with E-state index in [1.54, 1.807) is 18.4 Å². The Morgan fingerprint density at radius 2 is 2.24 bits per heavy atom. The molecular weight excluding hydrogens is 298 g/mol. The van der Waals surface area contributed by atoms with Crippen LogP contribution in [0.4, 0.5) is 0 Å². The number of ether oxygens (including phenoxy) is 1. The average Bonchev–Trinajstić information content (AvgIpc) is 2.81. The van der Waals surface area contributed by atoms with Gasteiger partial charge in [-0.05, 0) is 62.4 Å². The molecule has 1 heterocycles. The highest BCUT2D eigenvalue weighted by atomic mass is 79.9. The number of benzene rings is 1. The molecule has 17 heavy (non-hydrogen) atoms. The van der Waals surface area contributed by atoms with E-state index >= 15 is 0 Å². The lowest BCUT2D eigenvalue weighted by Gasteiger charge is -2.13. The second-order valence-corrected chi connectivity index (χ2v) is 5.47. The number of hydrogen-bond donors (Lipinski definition) is 1. The van der Waals surface area contributed by atoms with Crippen molar-refractivity contribution in [3.8, 4) is 5.75 Å². The minimum atomic E-state index is 0.0202. The van der Waals surface area contributed by atoms with Gasteiger partial charge in [0.05, 0.1) is 11.6 Å². The van der Waals surface area contributed by atoms with Gasteiger partial charge in [0, 0.05) is 6.04 Å². The van der Waals surface area contributed by atoms with Crippen LogP contribution in [0, 0.1) is 0 Å². The van der Waals surface area contributed by atoms with E-state index in [2.05, 4.69) is 32.8 Å². The van der Waals surface area contributed by atoms with Crippen molar-refractivity contribution in [3.05, 3.63) is 50.6 Å². The molecule has 4 heteroatoms. The predicted octanol–water partition coefficient (Wildman–Crippen LogP) is 3.76. The molecule has 2 aromatic rings. The van der Waals surface area contributed by atoms with Crippen LogP contribution in [-0.4, -0.2) is 7.11 Å². The molecule has 1 aromatic carbocycles. The average molecular weight is 312 g/mol. The Labute approximate surface area is 114 Å². The summed E-state index contributed by atoms with van der Waals surface area (Å²) in [5, 5.41) is 4.21. The van der Waals surface area contributed by atoms with Gasteiger partial charge in [0.25, 0.3) is 0 Å². The van der Waals surface area contributed by atoms with E-state index in [-0.39, 0.29) is 6.04 Å². The van der Waals surface area contributed by atoms with Crippen LogP contribution in [0.2, 0.25) is 0 Å². The van der Waals surface area contributed by atoms with Crippen molar-refractivity contribution in [1.29, 1.82) is 0 Å². The van der Waals surface area contributed by atoms with Crippen LogP contribution < -0.4 is 10.5 Å². The Morgan fingerprint density at radius 1 is 1.41 bits per heavy atom. The van der Waals surface area contributed by atoms with Gasteiger partial charge in [-0.25, -0.2) is 0 Å². The van der Waals surface area contributed by atoms with Gasteiger partial charge >= 0.3 is 0 Å². The zero-order chi connectivity index (χ0) is 12.3. The van der Waals surface area contributed by atoms with Crippen LogP contribution in [0.3, 0.4) is 0 Å². The first-order valence-electron chi connectivity index (χ1n) is 5.31. The van der Waals surface area contributed by atoms with Gasteiger partial charge < -0.3 is 10.5 Å². The number of methoxy groups -OCH3 is 1. The fraction of sp³-hybridized carbons (Fsp3) is 0.231. The number of halogens is 1. The number of nitrogens with two attached hydrogens (primary N) is 1. The summed E-state index contributed by atoms with van der Waals surface area (Å²) >= 11 is 5.18. The monoisotopic (exact) mass is 311 g/mol. The summed E-state index contributed by atoms with van der Waals surface area (Å²) < 4.78 is 6.14. The summed E-state index contributed by atoms with van der Waals surface area (Å²) in [6, 6.07) is 8.11. The van der Waals surface area contributed by atoms with Crippen molar-refractivity contribution in [2.24, 2.45) is 5.73 Å². The predicted molar refractivity (Wildman–Crippen MR) is 75.6 cm³/mol.